The molecule has 29 heavy (non-hydrogen) atoms. The predicted molar refractivity (Wildman–Crippen MR) is 98.5 cm³/mol. The molecule has 1 heterocycles. The first-order valence-corrected chi connectivity index (χ1v) is 9.51. The molecule has 6 nitrogen and oxygen atoms in total. The average Bonchev–Trinajstić information content (AvgIpc) is 3.29. The van der Waals surface area contributed by atoms with Crippen LogP contribution in [0.4, 0.5) is 24.5 Å². The number of ether oxygens (including phenoxy) is 1. The molecule has 1 amide bonds. The summed E-state index contributed by atoms with van der Waals surface area (Å²) in [5, 5.41) is 12.2. The van der Waals surface area contributed by atoms with Gasteiger partial charge in [0.1, 0.15) is 0 Å². The van der Waals surface area contributed by atoms with Gasteiger partial charge in [-0.3, -0.25) is 9.59 Å². The highest BCUT2D eigenvalue weighted by Gasteiger charge is 2.51. The van der Waals surface area contributed by atoms with Crippen molar-refractivity contribution in [3.8, 4) is 0 Å². The van der Waals surface area contributed by atoms with Gasteiger partial charge in [-0.05, 0) is 36.5 Å². The third-order valence-corrected chi connectivity index (χ3v) is 5.98. The van der Waals surface area contributed by atoms with Crippen LogP contribution in [0, 0.1) is 23.7 Å². The maximum Gasteiger partial charge on any atom is 0.416 e. The molecule has 2 fully saturated rings. The quantitative estimate of drug-likeness (QED) is 0.747. The predicted octanol–water partition coefficient (Wildman–Crippen LogP) is 3.00. The number of carboxylic acid groups (broad SMARTS) is 1. The smallest absolute Gasteiger partial charge is 0.416 e. The van der Waals surface area contributed by atoms with E-state index in [0.717, 1.165) is 12.1 Å². The van der Waals surface area contributed by atoms with Gasteiger partial charge in [0.2, 0.25) is 5.91 Å². The van der Waals surface area contributed by atoms with Crippen LogP contribution in [0.25, 0.3) is 0 Å². The van der Waals surface area contributed by atoms with Crippen molar-refractivity contribution in [1.29, 1.82) is 0 Å². The Morgan fingerprint density at radius 2 is 1.76 bits per heavy atom. The third-order valence-electron chi connectivity index (χ3n) is 5.98. The van der Waals surface area contributed by atoms with E-state index in [0.29, 0.717) is 38.4 Å². The summed E-state index contributed by atoms with van der Waals surface area (Å²) in [4.78, 5) is 26.5. The molecule has 2 bridgehead atoms. The minimum Gasteiger partial charge on any atom is -0.481 e. The Kier molecular flexibility index (Phi) is 5.02. The summed E-state index contributed by atoms with van der Waals surface area (Å²) in [5.41, 5.74) is -0.352. The van der Waals surface area contributed by atoms with E-state index in [-0.39, 0.29) is 17.5 Å². The number of carbonyl (C=O) groups is 2. The van der Waals surface area contributed by atoms with Crippen LogP contribution in [0.5, 0.6) is 0 Å². The standard InChI is InChI=1S/C20H21F3N2O4/c21-20(22,23)13-3-4-15(25-5-7-29-8-6-25)14(10-13)24-18(26)16-11-1-2-12(9-11)17(16)19(27)28/h1-4,10-12,16-17H,5-9H2,(H,24,26)(H,27,28)/t11-,12-,16+,17-/m0/s1. The van der Waals surface area contributed by atoms with Crippen LogP contribution < -0.4 is 10.2 Å². The van der Waals surface area contributed by atoms with Gasteiger partial charge >= 0.3 is 12.1 Å². The average molecular weight is 410 g/mol. The van der Waals surface area contributed by atoms with E-state index in [9.17, 15) is 27.9 Å². The summed E-state index contributed by atoms with van der Waals surface area (Å²) in [6.07, 6.45) is -0.324. The normalized spacial score (nSPS) is 28.6. The van der Waals surface area contributed by atoms with Crippen molar-refractivity contribution in [1.82, 2.24) is 0 Å². The number of morpholine rings is 1. The Labute approximate surface area is 165 Å². The lowest BCUT2D eigenvalue weighted by Gasteiger charge is -2.31. The second-order valence-corrected chi connectivity index (χ2v) is 7.66. The fourth-order valence-corrected chi connectivity index (χ4v) is 4.62. The van der Waals surface area contributed by atoms with E-state index in [1.54, 1.807) is 0 Å². The molecule has 0 aromatic heterocycles. The topological polar surface area (TPSA) is 78.9 Å². The number of nitrogens with zero attached hydrogens (tertiary/aromatic N) is 1. The molecule has 1 saturated heterocycles. The number of nitrogens with one attached hydrogen (secondary N) is 1. The third kappa shape index (κ3) is 3.71. The number of aliphatic carboxylic acids is 1. The van der Waals surface area contributed by atoms with Crippen molar-refractivity contribution in [2.75, 3.05) is 36.5 Å². The van der Waals surface area contributed by atoms with Crippen molar-refractivity contribution in [3.05, 3.63) is 35.9 Å². The Bertz CT molecular complexity index is 849. The molecule has 4 atom stereocenters. The van der Waals surface area contributed by atoms with Crippen molar-refractivity contribution < 1.29 is 32.6 Å². The first kappa shape index (κ1) is 19.8. The summed E-state index contributed by atoms with van der Waals surface area (Å²) in [6, 6.07) is 3.25. The largest absolute Gasteiger partial charge is 0.481 e. The number of carbonyl (C=O) groups excluding carboxylic acids is 1. The van der Waals surface area contributed by atoms with Gasteiger partial charge in [0.25, 0.3) is 0 Å². The minimum atomic E-state index is -4.55. The van der Waals surface area contributed by atoms with Crippen molar-refractivity contribution in [2.24, 2.45) is 23.7 Å². The summed E-state index contributed by atoms with van der Waals surface area (Å²) in [6.45, 7) is 1.85. The number of halogens is 3. The Balaban J connectivity index is 1.64. The number of anilines is 2. The lowest BCUT2D eigenvalue weighted by molar-refractivity contribution is -0.146. The Morgan fingerprint density at radius 1 is 1.10 bits per heavy atom. The fourth-order valence-electron chi connectivity index (χ4n) is 4.62. The number of carboxylic acids is 1. The zero-order valence-corrected chi connectivity index (χ0v) is 15.5. The second-order valence-electron chi connectivity index (χ2n) is 7.66. The zero-order valence-electron chi connectivity index (χ0n) is 15.5. The van der Waals surface area contributed by atoms with Gasteiger partial charge in [0.05, 0.1) is 42.0 Å². The molecule has 1 aromatic carbocycles. The van der Waals surface area contributed by atoms with E-state index >= 15 is 0 Å². The highest BCUT2D eigenvalue weighted by atomic mass is 19.4. The van der Waals surface area contributed by atoms with Crippen LogP contribution in [-0.4, -0.2) is 43.3 Å². The molecule has 1 saturated carbocycles. The molecule has 4 rings (SSSR count). The molecule has 156 valence electrons. The highest BCUT2D eigenvalue weighted by Crippen LogP contribution is 2.48. The Morgan fingerprint density at radius 3 is 2.38 bits per heavy atom. The van der Waals surface area contributed by atoms with E-state index in [1.807, 2.05) is 17.1 Å². The van der Waals surface area contributed by atoms with E-state index in [2.05, 4.69) is 5.32 Å². The number of benzene rings is 1. The highest BCUT2D eigenvalue weighted by molar-refractivity contribution is 5.99. The zero-order chi connectivity index (χ0) is 20.8. The van der Waals surface area contributed by atoms with Crippen molar-refractivity contribution in [3.63, 3.8) is 0 Å². The maximum atomic E-state index is 13.2. The molecular weight excluding hydrogens is 389 g/mol. The summed E-state index contributed by atoms with van der Waals surface area (Å²) in [7, 11) is 0. The van der Waals surface area contributed by atoms with Gasteiger partial charge in [-0.2, -0.15) is 13.2 Å². The van der Waals surface area contributed by atoms with Crippen LogP contribution in [0.3, 0.4) is 0 Å². The Hall–Kier alpha value is -2.55. The molecule has 0 radical (unpaired) electrons. The lowest BCUT2D eigenvalue weighted by atomic mass is 9.82. The molecule has 2 N–H and O–H groups in total. The van der Waals surface area contributed by atoms with Gasteiger partial charge in [0.15, 0.2) is 0 Å². The summed E-state index contributed by atoms with van der Waals surface area (Å²) in [5.74, 6) is -3.69. The summed E-state index contributed by atoms with van der Waals surface area (Å²) < 4.78 is 45.0. The number of hydrogen-bond acceptors (Lipinski definition) is 4. The van der Waals surface area contributed by atoms with Crippen LogP contribution in [-0.2, 0) is 20.5 Å². The SMILES string of the molecule is O=C(O)[C@@H]1[C@H](C(=O)Nc2cc(C(F)(F)F)ccc2N2CCOCC2)[C@H]2C=C[C@H]1C2. The van der Waals surface area contributed by atoms with E-state index in [1.165, 1.54) is 6.07 Å². The number of amides is 1. The molecule has 0 unspecified atom stereocenters. The van der Waals surface area contributed by atoms with E-state index < -0.39 is 35.5 Å². The number of rotatable bonds is 4. The number of hydrogen-bond donors (Lipinski definition) is 2. The minimum absolute atomic E-state index is 0.0441. The van der Waals surface area contributed by atoms with Crippen molar-refractivity contribution >= 4 is 23.3 Å². The first-order valence-electron chi connectivity index (χ1n) is 9.51. The second kappa shape index (κ2) is 7.37. The van der Waals surface area contributed by atoms with Gasteiger partial charge < -0.3 is 20.1 Å². The van der Waals surface area contributed by atoms with Gasteiger partial charge in [-0.15, -0.1) is 0 Å². The fraction of sp³-hybridized carbons (Fsp3) is 0.500. The number of fused-ring (bicyclic) bond motifs is 2. The summed E-state index contributed by atoms with van der Waals surface area (Å²) >= 11 is 0. The molecule has 1 aromatic rings. The van der Waals surface area contributed by atoms with Gasteiger partial charge in [-0.25, -0.2) is 0 Å². The van der Waals surface area contributed by atoms with Gasteiger partial charge in [-0.1, -0.05) is 12.2 Å². The van der Waals surface area contributed by atoms with E-state index in [4.69, 9.17) is 4.74 Å². The van der Waals surface area contributed by atoms with Crippen molar-refractivity contribution in [2.45, 2.75) is 12.6 Å². The molecule has 0 spiro atoms. The molecular formula is C20H21F3N2O4. The van der Waals surface area contributed by atoms with Crippen LogP contribution >= 0.6 is 0 Å². The maximum absolute atomic E-state index is 13.2. The van der Waals surface area contributed by atoms with Crippen LogP contribution in [0.2, 0.25) is 0 Å². The molecule has 1 aliphatic heterocycles. The monoisotopic (exact) mass is 410 g/mol. The van der Waals surface area contributed by atoms with Crippen LogP contribution in [0.1, 0.15) is 12.0 Å². The molecule has 3 aliphatic rings. The first-order chi connectivity index (χ1) is 13.8. The molecule has 9 heteroatoms. The number of allylic oxidation sites excluding steroid dienone is 2. The van der Waals surface area contributed by atoms with Crippen LogP contribution in [0.15, 0.2) is 30.4 Å². The number of alkyl halides is 3. The van der Waals surface area contributed by atoms with Gasteiger partial charge in [0, 0.05) is 13.1 Å². The molecule has 2 aliphatic carbocycles. The lowest BCUT2D eigenvalue weighted by Crippen LogP contribution is -2.38.